The monoisotopic (exact) mass is 342 g/mol. The summed E-state index contributed by atoms with van der Waals surface area (Å²) in [5.74, 6) is 0.104. The van der Waals surface area contributed by atoms with Gasteiger partial charge < -0.3 is 5.32 Å². The lowest BCUT2D eigenvalue weighted by Crippen LogP contribution is -2.06. The fraction of sp³-hybridized carbons (Fsp3) is 0.357. The van der Waals surface area contributed by atoms with E-state index in [1.165, 1.54) is 10.9 Å². The van der Waals surface area contributed by atoms with Crippen molar-refractivity contribution in [3.63, 3.8) is 0 Å². The van der Waals surface area contributed by atoms with Crippen LogP contribution in [0.5, 0.6) is 0 Å². The molecular weight excluding hydrogens is 327 g/mol. The van der Waals surface area contributed by atoms with Crippen molar-refractivity contribution >= 4 is 27.3 Å². The fourth-order valence-electron chi connectivity index (χ4n) is 1.88. The molecule has 0 saturated carbocycles. The molecule has 0 amide bonds. The van der Waals surface area contributed by atoms with E-state index in [0.29, 0.717) is 11.5 Å². The minimum atomic E-state index is -0.233. The molecule has 1 aromatic carbocycles. The van der Waals surface area contributed by atoms with Crippen molar-refractivity contribution in [1.82, 2.24) is 10.3 Å². The van der Waals surface area contributed by atoms with Gasteiger partial charge in [-0.3, -0.25) is 0 Å². The van der Waals surface area contributed by atoms with Crippen LogP contribution >= 0.6 is 27.3 Å². The maximum Gasteiger partial charge on any atom is 0.133 e. The molecule has 0 aliphatic heterocycles. The van der Waals surface area contributed by atoms with Gasteiger partial charge in [0.05, 0.1) is 5.69 Å². The van der Waals surface area contributed by atoms with Crippen molar-refractivity contribution in [1.29, 1.82) is 0 Å². The normalized spacial score (nSPS) is 11.3. The Kier molecular flexibility index (Phi) is 4.71. The first kappa shape index (κ1) is 14.6. The van der Waals surface area contributed by atoms with Gasteiger partial charge in [-0.05, 0) is 31.2 Å². The summed E-state index contributed by atoms with van der Waals surface area (Å²) in [4.78, 5) is 5.79. The minimum Gasteiger partial charge on any atom is -0.315 e. The number of aromatic nitrogens is 1. The van der Waals surface area contributed by atoms with Crippen molar-refractivity contribution in [3.8, 4) is 10.6 Å². The number of nitrogens with one attached hydrogen (secondary N) is 1. The van der Waals surface area contributed by atoms with Crippen molar-refractivity contribution in [2.45, 2.75) is 26.3 Å². The molecule has 0 bridgehead atoms. The van der Waals surface area contributed by atoms with E-state index in [1.807, 2.05) is 7.05 Å². The maximum absolute atomic E-state index is 13.9. The van der Waals surface area contributed by atoms with Gasteiger partial charge in [0.15, 0.2) is 0 Å². The minimum absolute atomic E-state index is 0.233. The van der Waals surface area contributed by atoms with Gasteiger partial charge in [0.25, 0.3) is 0 Å². The van der Waals surface area contributed by atoms with Crippen LogP contribution in [0.15, 0.2) is 22.7 Å². The predicted octanol–water partition coefficient (Wildman–Crippen LogP) is 4.55. The molecule has 1 N–H and O–H groups in total. The summed E-state index contributed by atoms with van der Waals surface area (Å²) in [7, 11) is 1.91. The Hall–Kier alpha value is -0.780. The molecule has 2 nitrogen and oxygen atoms in total. The molecule has 0 aliphatic rings. The molecule has 0 spiro atoms. The van der Waals surface area contributed by atoms with E-state index in [9.17, 15) is 4.39 Å². The molecule has 2 rings (SSSR count). The lowest BCUT2D eigenvalue weighted by Gasteiger charge is -2.03. The van der Waals surface area contributed by atoms with E-state index in [4.69, 9.17) is 0 Å². The quantitative estimate of drug-likeness (QED) is 0.881. The van der Waals surface area contributed by atoms with Crippen LogP contribution in [0, 0.1) is 5.82 Å². The number of benzene rings is 1. The van der Waals surface area contributed by atoms with Gasteiger partial charge in [-0.15, -0.1) is 11.3 Å². The number of hydrogen-bond acceptors (Lipinski definition) is 3. The Morgan fingerprint density at radius 3 is 2.79 bits per heavy atom. The molecule has 0 unspecified atom stereocenters. The molecule has 1 heterocycles. The highest BCUT2D eigenvalue weighted by Gasteiger charge is 2.17. The molecule has 5 heteroatoms. The number of hydrogen-bond donors (Lipinski definition) is 1. The second-order valence-corrected chi connectivity index (χ2v) is 6.64. The van der Waals surface area contributed by atoms with Gasteiger partial charge in [-0.2, -0.15) is 0 Å². The third-order valence-electron chi connectivity index (χ3n) is 2.77. The van der Waals surface area contributed by atoms with Crippen LogP contribution in [-0.4, -0.2) is 12.0 Å². The third-order valence-corrected chi connectivity index (χ3v) is 4.37. The lowest BCUT2D eigenvalue weighted by atomic mass is 10.1. The van der Waals surface area contributed by atoms with Crippen LogP contribution in [0.1, 0.15) is 30.3 Å². The summed E-state index contributed by atoms with van der Waals surface area (Å²) < 4.78 is 14.8. The van der Waals surface area contributed by atoms with Gasteiger partial charge in [0.2, 0.25) is 0 Å². The molecule has 1 aromatic heterocycles. The largest absolute Gasteiger partial charge is 0.315 e. The number of nitrogens with zero attached hydrogens (tertiary/aromatic N) is 1. The molecular formula is C14H16BrFN2S. The first-order chi connectivity index (χ1) is 9.02. The zero-order valence-corrected chi connectivity index (χ0v) is 13.5. The Bertz CT molecular complexity index is 581. The Morgan fingerprint density at radius 1 is 1.42 bits per heavy atom. The standard InChI is InChI=1S/C14H16BrFN2S/c1-8(2)13-12(7-17-3)19-14(18-13)10-6-9(15)4-5-11(10)16/h4-6,8,17H,7H2,1-3H3. The first-order valence-corrected chi connectivity index (χ1v) is 7.73. The molecule has 0 saturated heterocycles. The topological polar surface area (TPSA) is 24.9 Å². The maximum atomic E-state index is 13.9. The van der Waals surface area contributed by atoms with E-state index in [2.05, 4.69) is 40.1 Å². The SMILES string of the molecule is CNCc1sc(-c2cc(Br)ccc2F)nc1C(C)C. The van der Waals surface area contributed by atoms with Gasteiger partial charge in [0, 0.05) is 21.5 Å². The first-order valence-electron chi connectivity index (χ1n) is 6.12. The number of thiazole rings is 1. The van der Waals surface area contributed by atoms with Crippen LogP contribution in [0.25, 0.3) is 10.6 Å². The van der Waals surface area contributed by atoms with Gasteiger partial charge >= 0.3 is 0 Å². The zero-order valence-electron chi connectivity index (χ0n) is 11.1. The van der Waals surface area contributed by atoms with Gasteiger partial charge in [0.1, 0.15) is 10.8 Å². The predicted molar refractivity (Wildman–Crippen MR) is 82.1 cm³/mol. The average Bonchev–Trinajstić information content (AvgIpc) is 2.77. The number of rotatable bonds is 4. The third kappa shape index (κ3) is 3.22. The van der Waals surface area contributed by atoms with E-state index in [-0.39, 0.29) is 5.82 Å². The van der Waals surface area contributed by atoms with Crippen LogP contribution in [-0.2, 0) is 6.54 Å². The fourth-order valence-corrected chi connectivity index (χ4v) is 3.49. The lowest BCUT2D eigenvalue weighted by molar-refractivity contribution is 0.630. The highest BCUT2D eigenvalue weighted by molar-refractivity contribution is 9.10. The van der Waals surface area contributed by atoms with Crippen molar-refractivity contribution in [2.24, 2.45) is 0 Å². The van der Waals surface area contributed by atoms with Crippen molar-refractivity contribution in [3.05, 3.63) is 39.1 Å². The van der Waals surface area contributed by atoms with E-state index < -0.39 is 0 Å². The molecule has 0 fully saturated rings. The Labute approximate surface area is 125 Å². The van der Waals surface area contributed by atoms with E-state index in [1.54, 1.807) is 23.5 Å². The second kappa shape index (κ2) is 6.11. The van der Waals surface area contributed by atoms with Gasteiger partial charge in [-0.1, -0.05) is 29.8 Å². The average molecular weight is 343 g/mol. The smallest absolute Gasteiger partial charge is 0.133 e. The summed E-state index contributed by atoms with van der Waals surface area (Å²) in [5, 5.41) is 3.88. The van der Waals surface area contributed by atoms with Crippen LogP contribution in [0.3, 0.4) is 0 Å². The van der Waals surface area contributed by atoms with Gasteiger partial charge in [-0.25, -0.2) is 9.37 Å². The summed E-state index contributed by atoms with van der Waals surface area (Å²) in [5.41, 5.74) is 1.61. The van der Waals surface area contributed by atoms with Crippen molar-refractivity contribution in [2.75, 3.05) is 7.05 Å². The summed E-state index contributed by atoms with van der Waals surface area (Å²) in [6.45, 7) is 4.98. The summed E-state index contributed by atoms with van der Waals surface area (Å²) in [6.07, 6.45) is 0. The molecule has 0 aliphatic carbocycles. The van der Waals surface area contributed by atoms with Crippen LogP contribution < -0.4 is 5.32 Å². The van der Waals surface area contributed by atoms with E-state index in [0.717, 1.165) is 21.7 Å². The highest BCUT2D eigenvalue weighted by atomic mass is 79.9. The Morgan fingerprint density at radius 2 is 2.16 bits per heavy atom. The molecule has 102 valence electrons. The molecule has 19 heavy (non-hydrogen) atoms. The molecule has 2 aromatic rings. The Balaban J connectivity index is 2.50. The molecule has 0 atom stereocenters. The summed E-state index contributed by atoms with van der Waals surface area (Å²) >= 11 is 4.93. The highest BCUT2D eigenvalue weighted by Crippen LogP contribution is 2.34. The second-order valence-electron chi connectivity index (χ2n) is 4.64. The van der Waals surface area contributed by atoms with Crippen LogP contribution in [0.2, 0.25) is 0 Å². The molecule has 0 radical (unpaired) electrons. The van der Waals surface area contributed by atoms with E-state index >= 15 is 0 Å². The summed E-state index contributed by atoms with van der Waals surface area (Å²) in [6, 6.07) is 4.94. The van der Waals surface area contributed by atoms with Crippen molar-refractivity contribution < 1.29 is 4.39 Å². The zero-order chi connectivity index (χ0) is 14.0. The van der Waals surface area contributed by atoms with Crippen LogP contribution in [0.4, 0.5) is 4.39 Å². The number of halogens is 2.